The minimum atomic E-state index is -0.181. The van der Waals surface area contributed by atoms with Gasteiger partial charge in [0.2, 0.25) is 0 Å². The molecule has 19 heavy (non-hydrogen) atoms. The highest BCUT2D eigenvalue weighted by Crippen LogP contribution is 2.12. The molecule has 0 bridgehead atoms. The molecule has 0 saturated carbocycles. The highest BCUT2D eigenvalue weighted by molar-refractivity contribution is 7.09. The highest BCUT2D eigenvalue weighted by atomic mass is 35.5. The van der Waals surface area contributed by atoms with Crippen LogP contribution < -0.4 is 11.1 Å². The lowest BCUT2D eigenvalue weighted by atomic mass is 10.2. The number of amides is 1. The predicted molar refractivity (Wildman–Crippen MR) is 77.5 cm³/mol. The van der Waals surface area contributed by atoms with Crippen LogP contribution in [-0.2, 0) is 13.0 Å². The molecule has 2 aromatic rings. The Morgan fingerprint density at radius 3 is 3.05 bits per heavy atom. The van der Waals surface area contributed by atoms with Crippen LogP contribution in [0.5, 0.6) is 0 Å². The molecular weight excluding hydrogens is 282 g/mol. The minimum Gasteiger partial charge on any atom is -0.347 e. The number of halogens is 1. The second-order valence-electron chi connectivity index (χ2n) is 3.98. The lowest BCUT2D eigenvalue weighted by molar-refractivity contribution is 0.0946. The molecule has 0 atom stereocenters. The van der Waals surface area contributed by atoms with E-state index in [4.69, 9.17) is 17.3 Å². The number of nitrogens with zero attached hydrogens (tertiary/aromatic N) is 1. The quantitative estimate of drug-likeness (QED) is 0.889. The van der Waals surface area contributed by atoms with Crippen molar-refractivity contribution in [3.63, 3.8) is 0 Å². The molecule has 4 nitrogen and oxygen atoms in total. The number of hydrogen-bond donors (Lipinski definition) is 2. The smallest absolute Gasteiger partial charge is 0.271 e. The molecule has 0 fully saturated rings. The van der Waals surface area contributed by atoms with Crippen LogP contribution in [-0.4, -0.2) is 17.4 Å². The van der Waals surface area contributed by atoms with E-state index >= 15 is 0 Å². The fourth-order valence-corrected chi connectivity index (χ4v) is 2.58. The molecule has 1 aromatic carbocycles. The van der Waals surface area contributed by atoms with E-state index in [2.05, 4.69) is 10.3 Å². The number of carbonyl (C=O) groups is 1. The van der Waals surface area contributed by atoms with Crippen LogP contribution >= 0.6 is 22.9 Å². The second-order valence-corrected chi connectivity index (χ2v) is 5.36. The first-order chi connectivity index (χ1) is 9.19. The largest absolute Gasteiger partial charge is 0.347 e. The summed E-state index contributed by atoms with van der Waals surface area (Å²) >= 11 is 7.33. The summed E-state index contributed by atoms with van der Waals surface area (Å²) < 4.78 is 0. The average Bonchev–Trinajstić information content (AvgIpc) is 2.85. The topological polar surface area (TPSA) is 68.0 Å². The Kier molecular flexibility index (Phi) is 4.90. The van der Waals surface area contributed by atoms with Gasteiger partial charge in [-0.15, -0.1) is 11.3 Å². The van der Waals surface area contributed by atoms with Crippen LogP contribution in [0.2, 0.25) is 5.02 Å². The van der Waals surface area contributed by atoms with Crippen molar-refractivity contribution in [2.24, 2.45) is 5.73 Å². The summed E-state index contributed by atoms with van der Waals surface area (Å²) in [4.78, 5) is 16.1. The normalized spacial score (nSPS) is 10.4. The Hall–Kier alpha value is -1.43. The van der Waals surface area contributed by atoms with Gasteiger partial charge in [0, 0.05) is 23.4 Å². The van der Waals surface area contributed by atoms with Gasteiger partial charge in [-0.1, -0.05) is 23.7 Å². The molecule has 100 valence electrons. The van der Waals surface area contributed by atoms with Gasteiger partial charge >= 0.3 is 0 Å². The zero-order valence-electron chi connectivity index (χ0n) is 10.2. The number of carbonyl (C=O) groups excluding carboxylic acids is 1. The lowest BCUT2D eigenvalue weighted by Gasteiger charge is -2.03. The second kappa shape index (κ2) is 6.65. The van der Waals surface area contributed by atoms with Crippen molar-refractivity contribution in [3.8, 4) is 0 Å². The summed E-state index contributed by atoms with van der Waals surface area (Å²) in [6.07, 6.45) is 0.701. The molecule has 0 saturated heterocycles. The maximum Gasteiger partial charge on any atom is 0.271 e. The number of aromatic nitrogens is 1. The summed E-state index contributed by atoms with van der Waals surface area (Å²) in [5.41, 5.74) is 6.85. The fraction of sp³-hybridized carbons (Fsp3) is 0.231. The third-order valence-electron chi connectivity index (χ3n) is 2.48. The van der Waals surface area contributed by atoms with Crippen LogP contribution in [0.1, 0.15) is 21.1 Å². The standard InChI is InChI=1S/C13H14ClN3OS/c14-10-3-1-2-9(6-10)7-16-13(18)11-8-19-12(17-11)4-5-15/h1-3,6,8H,4-5,7,15H2,(H,16,18). The van der Waals surface area contributed by atoms with Gasteiger partial charge in [0.15, 0.2) is 0 Å². The lowest BCUT2D eigenvalue weighted by Crippen LogP contribution is -2.23. The first-order valence-electron chi connectivity index (χ1n) is 5.86. The first kappa shape index (κ1) is 14.0. The van der Waals surface area contributed by atoms with Gasteiger partial charge in [0.1, 0.15) is 5.69 Å². The number of rotatable bonds is 5. The van der Waals surface area contributed by atoms with Gasteiger partial charge in [-0.2, -0.15) is 0 Å². The number of hydrogen-bond acceptors (Lipinski definition) is 4. The molecule has 1 amide bonds. The zero-order chi connectivity index (χ0) is 13.7. The van der Waals surface area contributed by atoms with E-state index in [0.717, 1.165) is 10.6 Å². The molecular formula is C13H14ClN3OS. The van der Waals surface area contributed by atoms with Crippen LogP contribution in [0, 0.1) is 0 Å². The minimum absolute atomic E-state index is 0.181. The average molecular weight is 296 g/mol. The summed E-state index contributed by atoms with van der Waals surface area (Å²) in [6.45, 7) is 0.972. The maximum absolute atomic E-state index is 11.9. The van der Waals surface area contributed by atoms with Crippen molar-refractivity contribution < 1.29 is 4.79 Å². The Balaban J connectivity index is 1.93. The van der Waals surface area contributed by atoms with E-state index in [9.17, 15) is 4.79 Å². The van der Waals surface area contributed by atoms with E-state index in [1.165, 1.54) is 11.3 Å². The number of thiazole rings is 1. The monoisotopic (exact) mass is 295 g/mol. The zero-order valence-corrected chi connectivity index (χ0v) is 11.8. The van der Waals surface area contributed by atoms with Crippen LogP contribution in [0.15, 0.2) is 29.6 Å². The summed E-state index contributed by atoms with van der Waals surface area (Å²) in [5.74, 6) is -0.181. The highest BCUT2D eigenvalue weighted by Gasteiger charge is 2.10. The Morgan fingerprint density at radius 1 is 1.47 bits per heavy atom. The van der Waals surface area contributed by atoms with E-state index in [-0.39, 0.29) is 5.91 Å². The van der Waals surface area contributed by atoms with Crippen LogP contribution in [0.3, 0.4) is 0 Å². The van der Waals surface area contributed by atoms with Crippen molar-refractivity contribution in [2.75, 3.05) is 6.54 Å². The third kappa shape index (κ3) is 4.02. The molecule has 3 N–H and O–H groups in total. The third-order valence-corrected chi connectivity index (χ3v) is 3.63. The molecule has 0 aliphatic rings. The molecule has 6 heteroatoms. The Morgan fingerprint density at radius 2 is 2.32 bits per heavy atom. The van der Waals surface area contributed by atoms with Crippen molar-refractivity contribution in [1.29, 1.82) is 0 Å². The summed E-state index contributed by atoms with van der Waals surface area (Å²) in [5, 5.41) is 6.10. The first-order valence-corrected chi connectivity index (χ1v) is 7.12. The SMILES string of the molecule is NCCc1nc(C(=O)NCc2cccc(Cl)c2)cs1. The van der Waals surface area contributed by atoms with Gasteiger partial charge < -0.3 is 11.1 Å². The molecule has 0 radical (unpaired) electrons. The molecule has 0 aliphatic carbocycles. The Labute approximate surface area is 120 Å². The molecule has 1 aromatic heterocycles. The van der Waals surface area contributed by atoms with Crippen molar-refractivity contribution >= 4 is 28.8 Å². The fourth-order valence-electron chi connectivity index (χ4n) is 1.57. The van der Waals surface area contributed by atoms with Gasteiger partial charge in [-0.05, 0) is 24.2 Å². The summed E-state index contributed by atoms with van der Waals surface area (Å²) in [7, 11) is 0. The van der Waals surface area contributed by atoms with Crippen LogP contribution in [0.25, 0.3) is 0 Å². The number of nitrogens with two attached hydrogens (primary N) is 1. The van der Waals surface area contributed by atoms with E-state index in [1.54, 1.807) is 11.4 Å². The van der Waals surface area contributed by atoms with E-state index in [1.807, 2.05) is 18.2 Å². The molecule has 1 heterocycles. The van der Waals surface area contributed by atoms with Gasteiger partial charge in [-0.25, -0.2) is 4.98 Å². The molecule has 0 unspecified atom stereocenters. The van der Waals surface area contributed by atoms with E-state index in [0.29, 0.717) is 30.2 Å². The van der Waals surface area contributed by atoms with Gasteiger partial charge in [0.05, 0.1) is 5.01 Å². The van der Waals surface area contributed by atoms with Gasteiger partial charge in [0.25, 0.3) is 5.91 Å². The molecule has 2 rings (SSSR count). The number of nitrogens with one attached hydrogen (secondary N) is 1. The van der Waals surface area contributed by atoms with Crippen molar-refractivity contribution in [2.45, 2.75) is 13.0 Å². The maximum atomic E-state index is 11.9. The van der Waals surface area contributed by atoms with Crippen molar-refractivity contribution in [3.05, 3.63) is 50.9 Å². The Bertz CT molecular complexity index is 571. The number of benzene rings is 1. The molecule has 0 aliphatic heterocycles. The van der Waals surface area contributed by atoms with Crippen molar-refractivity contribution in [1.82, 2.24) is 10.3 Å². The predicted octanol–water partition coefficient (Wildman–Crippen LogP) is 2.23. The van der Waals surface area contributed by atoms with Gasteiger partial charge in [-0.3, -0.25) is 4.79 Å². The molecule has 0 spiro atoms. The van der Waals surface area contributed by atoms with Crippen LogP contribution in [0.4, 0.5) is 0 Å². The summed E-state index contributed by atoms with van der Waals surface area (Å²) in [6, 6.07) is 7.38. The van der Waals surface area contributed by atoms with E-state index < -0.39 is 0 Å².